The van der Waals surface area contributed by atoms with E-state index >= 15 is 0 Å². The molecule has 0 bridgehead atoms. The van der Waals surface area contributed by atoms with Crippen LogP contribution >= 0.6 is 0 Å². The van der Waals surface area contributed by atoms with Gasteiger partial charge < -0.3 is 10.3 Å². The zero-order valence-corrected chi connectivity index (χ0v) is 9.35. The van der Waals surface area contributed by atoms with Gasteiger partial charge in [-0.05, 0) is 12.1 Å². The van der Waals surface area contributed by atoms with Crippen molar-refractivity contribution in [1.82, 2.24) is 14.5 Å². The summed E-state index contributed by atoms with van der Waals surface area (Å²) in [5, 5.41) is 0. The highest BCUT2D eigenvalue weighted by Crippen LogP contribution is 2.26. The first-order chi connectivity index (χ1) is 8.47. The Labute approximate surface area is 101 Å². The molecule has 7 heteroatoms. The van der Waals surface area contributed by atoms with Crippen LogP contribution in [0.5, 0.6) is 0 Å². The van der Waals surface area contributed by atoms with E-state index in [1.165, 1.54) is 23.3 Å². The quantitative estimate of drug-likeness (QED) is 0.917. The standard InChI is InChI=1S/C11H11F3N4/c12-11(13,14)3-5-18-7-16-6-9(18)8-2-1-4-17-10(8)15/h1-2,4,6-7H,3,5H2,(H2,15,17). The minimum absolute atomic E-state index is 0.187. The molecule has 0 saturated carbocycles. The molecule has 0 unspecified atom stereocenters. The van der Waals surface area contributed by atoms with Crippen LogP contribution in [0.1, 0.15) is 6.42 Å². The third-order valence-corrected chi connectivity index (χ3v) is 2.46. The number of aryl methyl sites for hydroxylation is 1. The molecule has 2 aromatic heterocycles. The van der Waals surface area contributed by atoms with Crippen LogP contribution in [0.4, 0.5) is 19.0 Å². The summed E-state index contributed by atoms with van der Waals surface area (Å²) < 4.78 is 38.0. The summed E-state index contributed by atoms with van der Waals surface area (Å²) in [7, 11) is 0. The Balaban J connectivity index is 2.26. The lowest BCUT2D eigenvalue weighted by Gasteiger charge is -2.11. The number of hydrogen-bond acceptors (Lipinski definition) is 3. The number of alkyl halides is 3. The summed E-state index contributed by atoms with van der Waals surface area (Å²) in [6.07, 6.45) is -0.745. The molecule has 0 aliphatic rings. The van der Waals surface area contributed by atoms with Crippen LogP contribution in [0, 0.1) is 0 Å². The average molecular weight is 256 g/mol. The van der Waals surface area contributed by atoms with E-state index in [-0.39, 0.29) is 12.4 Å². The molecule has 2 heterocycles. The average Bonchev–Trinajstić information content (AvgIpc) is 2.74. The van der Waals surface area contributed by atoms with Crippen LogP contribution in [-0.4, -0.2) is 20.7 Å². The van der Waals surface area contributed by atoms with Crippen LogP contribution in [0.15, 0.2) is 30.9 Å². The molecule has 0 atom stereocenters. The fourth-order valence-electron chi connectivity index (χ4n) is 1.60. The molecular weight excluding hydrogens is 245 g/mol. The fourth-order valence-corrected chi connectivity index (χ4v) is 1.60. The molecule has 0 aliphatic carbocycles. The third kappa shape index (κ3) is 2.79. The van der Waals surface area contributed by atoms with Crippen molar-refractivity contribution in [2.45, 2.75) is 19.1 Å². The van der Waals surface area contributed by atoms with E-state index in [2.05, 4.69) is 9.97 Å². The number of nitrogen functional groups attached to an aromatic ring is 1. The Hall–Kier alpha value is -2.05. The van der Waals surface area contributed by atoms with Crippen molar-refractivity contribution in [3.8, 4) is 11.3 Å². The largest absolute Gasteiger partial charge is 0.390 e. The fraction of sp³-hybridized carbons (Fsp3) is 0.273. The number of hydrogen-bond donors (Lipinski definition) is 1. The third-order valence-electron chi connectivity index (χ3n) is 2.46. The van der Waals surface area contributed by atoms with E-state index in [9.17, 15) is 13.2 Å². The monoisotopic (exact) mass is 256 g/mol. The summed E-state index contributed by atoms with van der Waals surface area (Å²) in [6.45, 7) is -0.187. The molecule has 0 aliphatic heterocycles. The van der Waals surface area contributed by atoms with Gasteiger partial charge in [0.25, 0.3) is 0 Å². The lowest BCUT2D eigenvalue weighted by Crippen LogP contribution is -2.12. The van der Waals surface area contributed by atoms with E-state index < -0.39 is 12.6 Å². The van der Waals surface area contributed by atoms with Gasteiger partial charge in [0.2, 0.25) is 0 Å². The highest BCUT2D eigenvalue weighted by Gasteiger charge is 2.27. The normalized spacial score (nSPS) is 11.7. The first kappa shape index (κ1) is 12.4. The summed E-state index contributed by atoms with van der Waals surface area (Å²) in [4.78, 5) is 7.75. The van der Waals surface area contributed by atoms with Crippen molar-refractivity contribution in [2.75, 3.05) is 5.73 Å². The second kappa shape index (κ2) is 4.67. The van der Waals surface area contributed by atoms with Crippen molar-refractivity contribution in [1.29, 1.82) is 0 Å². The molecule has 96 valence electrons. The Morgan fingerprint density at radius 2 is 2.11 bits per heavy atom. The van der Waals surface area contributed by atoms with Gasteiger partial charge in [0.1, 0.15) is 5.82 Å². The number of halogens is 3. The molecule has 18 heavy (non-hydrogen) atoms. The van der Waals surface area contributed by atoms with E-state index in [4.69, 9.17) is 5.73 Å². The lowest BCUT2D eigenvalue weighted by atomic mass is 10.2. The highest BCUT2D eigenvalue weighted by atomic mass is 19.4. The maximum absolute atomic E-state index is 12.2. The second-order valence-corrected chi connectivity index (χ2v) is 3.77. The maximum Gasteiger partial charge on any atom is 0.390 e. The molecule has 2 rings (SSSR count). The Morgan fingerprint density at radius 3 is 2.78 bits per heavy atom. The molecule has 2 N–H and O–H groups in total. The summed E-state index contributed by atoms with van der Waals surface area (Å²) in [5.74, 6) is 0.270. The van der Waals surface area contributed by atoms with Gasteiger partial charge in [-0.3, -0.25) is 0 Å². The number of aromatic nitrogens is 3. The maximum atomic E-state index is 12.2. The van der Waals surface area contributed by atoms with E-state index in [1.54, 1.807) is 12.1 Å². The van der Waals surface area contributed by atoms with E-state index in [0.717, 1.165) is 0 Å². The highest BCUT2D eigenvalue weighted by molar-refractivity contribution is 5.70. The van der Waals surface area contributed by atoms with E-state index in [1.807, 2.05) is 0 Å². The molecule has 0 fully saturated rings. The van der Waals surface area contributed by atoms with Gasteiger partial charge in [-0.15, -0.1) is 0 Å². The van der Waals surface area contributed by atoms with Crippen LogP contribution in [0.3, 0.4) is 0 Å². The zero-order chi connectivity index (χ0) is 13.2. The number of imidazole rings is 1. The Morgan fingerprint density at radius 1 is 1.33 bits per heavy atom. The Bertz CT molecular complexity index is 533. The molecule has 0 radical (unpaired) electrons. The lowest BCUT2D eigenvalue weighted by molar-refractivity contribution is -0.136. The number of pyridine rings is 1. The van der Waals surface area contributed by atoms with E-state index in [0.29, 0.717) is 11.3 Å². The minimum atomic E-state index is -4.19. The van der Waals surface area contributed by atoms with Gasteiger partial charge in [-0.25, -0.2) is 9.97 Å². The molecule has 0 saturated heterocycles. The second-order valence-electron chi connectivity index (χ2n) is 3.77. The topological polar surface area (TPSA) is 56.7 Å². The van der Waals surface area contributed by atoms with Crippen LogP contribution in [-0.2, 0) is 6.54 Å². The van der Waals surface area contributed by atoms with Gasteiger partial charge in [0, 0.05) is 18.3 Å². The SMILES string of the molecule is Nc1ncccc1-c1cncn1CCC(F)(F)F. The van der Waals surface area contributed by atoms with Gasteiger partial charge in [-0.1, -0.05) is 0 Å². The predicted octanol–water partition coefficient (Wildman–Crippen LogP) is 2.48. The predicted molar refractivity (Wildman–Crippen MR) is 60.5 cm³/mol. The number of anilines is 1. The number of nitrogens with zero attached hydrogens (tertiary/aromatic N) is 3. The molecule has 0 spiro atoms. The molecule has 2 aromatic rings. The first-order valence-corrected chi connectivity index (χ1v) is 5.25. The van der Waals surface area contributed by atoms with Crippen molar-refractivity contribution in [3.05, 3.63) is 30.9 Å². The first-order valence-electron chi connectivity index (χ1n) is 5.25. The number of nitrogens with two attached hydrogens (primary N) is 1. The smallest absolute Gasteiger partial charge is 0.383 e. The van der Waals surface area contributed by atoms with Crippen molar-refractivity contribution in [2.24, 2.45) is 0 Å². The Kier molecular flexibility index (Phi) is 3.22. The van der Waals surface area contributed by atoms with Crippen LogP contribution < -0.4 is 5.73 Å². The molecule has 4 nitrogen and oxygen atoms in total. The van der Waals surface area contributed by atoms with Gasteiger partial charge >= 0.3 is 6.18 Å². The van der Waals surface area contributed by atoms with Crippen LogP contribution in [0.25, 0.3) is 11.3 Å². The van der Waals surface area contributed by atoms with Crippen molar-refractivity contribution >= 4 is 5.82 Å². The van der Waals surface area contributed by atoms with Gasteiger partial charge in [-0.2, -0.15) is 13.2 Å². The summed E-state index contributed by atoms with van der Waals surface area (Å²) >= 11 is 0. The van der Waals surface area contributed by atoms with Crippen molar-refractivity contribution < 1.29 is 13.2 Å². The molecule has 0 aromatic carbocycles. The minimum Gasteiger partial charge on any atom is -0.383 e. The molecular formula is C11H11F3N4. The van der Waals surface area contributed by atoms with Gasteiger partial charge in [0.05, 0.1) is 24.6 Å². The number of rotatable bonds is 3. The van der Waals surface area contributed by atoms with Gasteiger partial charge in [0.15, 0.2) is 0 Å². The molecule has 0 amide bonds. The van der Waals surface area contributed by atoms with Crippen LogP contribution in [0.2, 0.25) is 0 Å². The summed E-state index contributed by atoms with van der Waals surface area (Å²) in [6, 6.07) is 3.37. The zero-order valence-electron chi connectivity index (χ0n) is 9.35. The van der Waals surface area contributed by atoms with Crippen molar-refractivity contribution in [3.63, 3.8) is 0 Å². The summed E-state index contributed by atoms with van der Waals surface area (Å²) in [5.41, 5.74) is 6.80.